The zero-order chi connectivity index (χ0) is 11.4. The molecular formula is C7H12F3NO2S. The first kappa shape index (κ1) is 13.6. The Morgan fingerprint density at radius 3 is 2.29 bits per heavy atom. The summed E-state index contributed by atoms with van der Waals surface area (Å²) in [6.45, 7) is 2.80. The van der Waals surface area contributed by atoms with Gasteiger partial charge in [-0.15, -0.1) is 0 Å². The maximum absolute atomic E-state index is 11.7. The van der Waals surface area contributed by atoms with Gasteiger partial charge >= 0.3 is 11.5 Å². The molecule has 3 nitrogen and oxygen atoms in total. The van der Waals surface area contributed by atoms with Gasteiger partial charge < -0.3 is 10.4 Å². The highest BCUT2D eigenvalue weighted by Gasteiger charge is 2.29. The molecule has 0 heterocycles. The van der Waals surface area contributed by atoms with Crippen molar-refractivity contribution in [1.29, 1.82) is 0 Å². The Morgan fingerprint density at radius 1 is 1.43 bits per heavy atom. The average molecular weight is 231 g/mol. The fraction of sp³-hybridized carbons (Fsp3) is 0.857. The predicted octanol–water partition coefficient (Wildman–Crippen LogP) is 1.69. The number of nitrogens with one attached hydrogen (secondary N) is 1. The van der Waals surface area contributed by atoms with Gasteiger partial charge in [0, 0.05) is 12.3 Å². The van der Waals surface area contributed by atoms with E-state index in [1.54, 1.807) is 0 Å². The third-order valence-electron chi connectivity index (χ3n) is 1.47. The van der Waals surface area contributed by atoms with E-state index in [1.165, 1.54) is 13.8 Å². The zero-order valence-corrected chi connectivity index (χ0v) is 8.63. The van der Waals surface area contributed by atoms with Gasteiger partial charge in [0.1, 0.15) is 5.54 Å². The third-order valence-corrected chi connectivity index (χ3v) is 2.20. The maximum Gasteiger partial charge on any atom is 0.441 e. The molecule has 84 valence electrons. The van der Waals surface area contributed by atoms with E-state index in [0.717, 1.165) is 0 Å². The van der Waals surface area contributed by atoms with Crippen LogP contribution in [0.25, 0.3) is 0 Å². The summed E-state index contributed by atoms with van der Waals surface area (Å²) < 4.78 is 35.0. The second-order valence-corrected chi connectivity index (χ2v) is 4.31. The Labute approximate surface area is 84.1 Å². The van der Waals surface area contributed by atoms with Crippen molar-refractivity contribution in [2.75, 3.05) is 12.3 Å². The molecule has 0 aliphatic carbocycles. The number of halogens is 3. The number of rotatable bonds is 5. The van der Waals surface area contributed by atoms with Crippen molar-refractivity contribution in [3.05, 3.63) is 0 Å². The van der Waals surface area contributed by atoms with Crippen LogP contribution in [0.1, 0.15) is 13.8 Å². The number of alkyl halides is 3. The standard InChI is InChI=1S/C7H12F3NO2S/c1-6(2,5(12)13)11-3-4-14-7(8,9)10/h11H,3-4H2,1-2H3,(H,12,13). The molecule has 14 heavy (non-hydrogen) atoms. The average Bonchev–Trinajstić information content (AvgIpc) is 1.96. The van der Waals surface area contributed by atoms with Crippen LogP contribution in [0.15, 0.2) is 0 Å². The van der Waals surface area contributed by atoms with Gasteiger partial charge in [-0.05, 0) is 25.6 Å². The van der Waals surface area contributed by atoms with Crippen LogP contribution >= 0.6 is 11.8 Å². The minimum atomic E-state index is -4.25. The van der Waals surface area contributed by atoms with E-state index in [-0.39, 0.29) is 24.1 Å². The molecule has 0 aliphatic rings. The molecule has 0 radical (unpaired) electrons. The molecule has 0 rings (SSSR count). The number of aliphatic carboxylic acids is 1. The van der Waals surface area contributed by atoms with E-state index in [0.29, 0.717) is 0 Å². The first-order chi connectivity index (χ1) is 6.15. The fourth-order valence-electron chi connectivity index (χ4n) is 0.606. The van der Waals surface area contributed by atoms with Crippen LogP contribution in [-0.4, -0.2) is 34.4 Å². The minimum absolute atomic E-state index is 0.00345. The molecule has 0 aromatic rings. The molecule has 0 amide bonds. The Kier molecular flexibility index (Phi) is 4.73. The molecule has 0 atom stereocenters. The monoisotopic (exact) mass is 231 g/mol. The molecule has 0 unspecified atom stereocenters. The van der Waals surface area contributed by atoms with Gasteiger partial charge in [0.15, 0.2) is 0 Å². The first-order valence-corrected chi connectivity index (χ1v) is 4.83. The summed E-state index contributed by atoms with van der Waals surface area (Å²) in [6.07, 6.45) is 0. The van der Waals surface area contributed by atoms with Crippen molar-refractivity contribution in [1.82, 2.24) is 5.32 Å². The number of hydrogen-bond acceptors (Lipinski definition) is 3. The molecule has 0 aromatic heterocycles. The zero-order valence-electron chi connectivity index (χ0n) is 7.81. The van der Waals surface area contributed by atoms with Crippen LogP contribution in [-0.2, 0) is 4.79 Å². The fourth-order valence-corrected chi connectivity index (χ4v) is 1.04. The van der Waals surface area contributed by atoms with Crippen LogP contribution in [0, 0.1) is 0 Å². The number of carboxylic acids is 1. The molecule has 0 aromatic carbocycles. The lowest BCUT2D eigenvalue weighted by molar-refractivity contribution is -0.143. The van der Waals surface area contributed by atoms with Crippen molar-refractivity contribution in [2.24, 2.45) is 0 Å². The second-order valence-electron chi connectivity index (χ2n) is 3.15. The SMILES string of the molecule is CC(C)(NCCSC(F)(F)F)C(=O)O. The topological polar surface area (TPSA) is 49.3 Å². The van der Waals surface area contributed by atoms with Crippen molar-refractivity contribution >= 4 is 17.7 Å². The van der Waals surface area contributed by atoms with Crippen LogP contribution < -0.4 is 5.32 Å². The van der Waals surface area contributed by atoms with Crippen molar-refractivity contribution in [2.45, 2.75) is 24.9 Å². The smallest absolute Gasteiger partial charge is 0.441 e. The molecule has 0 spiro atoms. The van der Waals surface area contributed by atoms with Gasteiger partial charge in [-0.1, -0.05) is 0 Å². The molecule has 0 bridgehead atoms. The Morgan fingerprint density at radius 2 is 1.93 bits per heavy atom. The molecular weight excluding hydrogens is 219 g/mol. The Balaban J connectivity index is 3.70. The van der Waals surface area contributed by atoms with Crippen LogP contribution in [0.3, 0.4) is 0 Å². The summed E-state index contributed by atoms with van der Waals surface area (Å²) in [5.41, 5.74) is -5.44. The van der Waals surface area contributed by atoms with Crippen molar-refractivity contribution < 1.29 is 23.1 Å². The number of thioether (sulfide) groups is 1. The highest BCUT2D eigenvalue weighted by molar-refractivity contribution is 8.00. The molecule has 0 aliphatic heterocycles. The van der Waals surface area contributed by atoms with Crippen molar-refractivity contribution in [3.8, 4) is 0 Å². The molecule has 0 fully saturated rings. The highest BCUT2D eigenvalue weighted by Crippen LogP contribution is 2.29. The summed E-state index contributed by atoms with van der Waals surface area (Å²) in [4.78, 5) is 10.5. The maximum atomic E-state index is 11.7. The molecule has 7 heteroatoms. The van der Waals surface area contributed by atoms with E-state index in [9.17, 15) is 18.0 Å². The van der Waals surface area contributed by atoms with E-state index >= 15 is 0 Å². The number of carbonyl (C=O) groups is 1. The third kappa shape index (κ3) is 6.09. The summed E-state index contributed by atoms with van der Waals surface area (Å²) in [7, 11) is 0. The van der Waals surface area contributed by atoms with Gasteiger partial charge in [0.05, 0.1) is 0 Å². The van der Waals surface area contributed by atoms with E-state index in [1.807, 2.05) is 0 Å². The Bertz CT molecular complexity index is 206. The van der Waals surface area contributed by atoms with Gasteiger partial charge in [0.2, 0.25) is 0 Å². The summed E-state index contributed by atoms with van der Waals surface area (Å²) in [5, 5.41) is 11.1. The summed E-state index contributed by atoms with van der Waals surface area (Å²) in [6, 6.07) is 0. The second kappa shape index (κ2) is 4.88. The van der Waals surface area contributed by atoms with E-state index < -0.39 is 17.0 Å². The highest BCUT2D eigenvalue weighted by atomic mass is 32.2. The lowest BCUT2D eigenvalue weighted by Crippen LogP contribution is -2.47. The molecule has 2 N–H and O–H groups in total. The molecule has 0 saturated heterocycles. The largest absolute Gasteiger partial charge is 0.480 e. The van der Waals surface area contributed by atoms with Crippen LogP contribution in [0.2, 0.25) is 0 Å². The summed E-state index contributed by atoms with van der Waals surface area (Å²) >= 11 is -0.169. The van der Waals surface area contributed by atoms with Gasteiger partial charge in [-0.3, -0.25) is 4.79 Å². The van der Waals surface area contributed by atoms with Crippen LogP contribution in [0.4, 0.5) is 13.2 Å². The minimum Gasteiger partial charge on any atom is -0.480 e. The number of hydrogen-bond donors (Lipinski definition) is 2. The van der Waals surface area contributed by atoms with Crippen molar-refractivity contribution in [3.63, 3.8) is 0 Å². The van der Waals surface area contributed by atoms with E-state index in [2.05, 4.69) is 5.32 Å². The predicted molar refractivity (Wildman–Crippen MR) is 48.2 cm³/mol. The Hall–Kier alpha value is -0.430. The lowest BCUT2D eigenvalue weighted by atomic mass is 10.1. The number of carboxylic acid groups (broad SMARTS) is 1. The summed E-state index contributed by atoms with van der Waals surface area (Å²) in [5.74, 6) is -1.28. The van der Waals surface area contributed by atoms with Gasteiger partial charge in [-0.25, -0.2) is 0 Å². The van der Waals surface area contributed by atoms with Crippen LogP contribution in [0.5, 0.6) is 0 Å². The van der Waals surface area contributed by atoms with Gasteiger partial charge in [0.25, 0.3) is 0 Å². The lowest BCUT2D eigenvalue weighted by Gasteiger charge is -2.20. The quantitative estimate of drug-likeness (QED) is 0.707. The normalized spacial score (nSPS) is 12.9. The first-order valence-electron chi connectivity index (χ1n) is 3.84. The van der Waals surface area contributed by atoms with E-state index in [4.69, 9.17) is 5.11 Å². The molecule has 0 saturated carbocycles. The van der Waals surface area contributed by atoms with Gasteiger partial charge in [-0.2, -0.15) is 13.2 Å².